The van der Waals surface area contributed by atoms with E-state index < -0.39 is 0 Å². The normalized spacial score (nSPS) is 13.9. The van der Waals surface area contributed by atoms with E-state index in [1.165, 1.54) is 0 Å². The quantitative estimate of drug-likeness (QED) is 0.520. The molecule has 2 aromatic carbocycles. The molecule has 0 bridgehead atoms. The molecule has 1 aromatic heterocycles. The van der Waals surface area contributed by atoms with Gasteiger partial charge in [0.2, 0.25) is 0 Å². The van der Waals surface area contributed by atoms with Crippen LogP contribution < -0.4 is 5.73 Å². The number of hydrogen-bond donors (Lipinski definition) is 1. The van der Waals surface area contributed by atoms with Crippen molar-refractivity contribution in [1.29, 1.82) is 0 Å². The Morgan fingerprint density at radius 2 is 1.91 bits per heavy atom. The maximum atomic E-state index is 6.10. The van der Waals surface area contributed by atoms with Crippen LogP contribution in [0.25, 0.3) is 10.9 Å². The van der Waals surface area contributed by atoms with Gasteiger partial charge in [0.05, 0.1) is 11.1 Å². The lowest BCUT2D eigenvalue weighted by atomic mass is 9.86. The molecular weight excluding hydrogens is 292 g/mol. The minimum Gasteiger partial charge on any atom is -0.398 e. The first-order valence-corrected chi connectivity index (χ1v) is 7.76. The van der Waals surface area contributed by atoms with Crippen molar-refractivity contribution >= 4 is 28.2 Å². The SMILES string of the molecule is C=CC(CC)(c1ccc(Cl)cc1)n1ccc2c(N)cccc21. The highest BCUT2D eigenvalue weighted by atomic mass is 35.5. The van der Waals surface area contributed by atoms with Gasteiger partial charge in [0.15, 0.2) is 0 Å². The molecule has 3 aromatic rings. The summed E-state index contributed by atoms with van der Waals surface area (Å²) < 4.78 is 2.24. The standard InChI is InChI=1S/C19H19ClN2/c1-3-19(4-2,14-8-10-15(20)11-9-14)22-13-12-16-17(21)6-5-7-18(16)22/h3,5-13H,1,4,21H2,2H3. The van der Waals surface area contributed by atoms with E-state index in [-0.39, 0.29) is 5.54 Å². The number of anilines is 1. The Labute approximate surface area is 135 Å². The summed E-state index contributed by atoms with van der Waals surface area (Å²) in [4.78, 5) is 0. The number of halogens is 1. The molecule has 0 saturated heterocycles. The van der Waals surface area contributed by atoms with Crippen molar-refractivity contribution in [2.24, 2.45) is 0 Å². The molecule has 1 heterocycles. The first kappa shape index (κ1) is 14.7. The molecule has 2 N–H and O–H groups in total. The molecule has 2 nitrogen and oxygen atoms in total. The van der Waals surface area contributed by atoms with Crippen molar-refractivity contribution in [3.8, 4) is 0 Å². The van der Waals surface area contributed by atoms with Gasteiger partial charge < -0.3 is 10.3 Å². The van der Waals surface area contributed by atoms with Crippen LogP contribution in [0.1, 0.15) is 18.9 Å². The predicted molar refractivity (Wildman–Crippen MR) is 95.4 cm³/mol. The van der Waals surface area contributed by atoms with Crippen LogP contribution in [0.5, 0.6) is 0 Å². The van der Waals surface area contributed by atoms with Gasteiger partial charge in [0, 0.05) is 22.3 Å². The number of aromatic nitrogens is 1. The van der Waals surface area contributed by atoms with Crippen LogP contribution in [-0.4, -0.2) is 4.57 Å². The van der Waals surface area contributed by atoms with Gasteiger partial charge in [0.25, 0.3) is 0 Å². The number of rotatable bonds is 4. The van der Waals surface area contributed by atoms with Crippen molar-refractivity contribution in [2.75, 3.05) is 5.73 Å². The highest BCUT2D eigenvalue weighted by molar-refractivity contribution is 6.30. The van der Waals surface area contributed by atoms with E-state index in [1.807, 2.05) is 30.3 Å². The first-order valence-electron chi connectivity index (χ1n) is 7.38. The van der Waals surface area contributed by atoms with Crippen LogP contribution in [0.15, 0.2) is 67.4 Å². The van der Waals surface area contributed by atoms with Crippen LogP contribution in [-0.2, 0) is 5.54 Å². The molecule has 0 aliphatic heterocycles. The monoisotopic (exact) mass is 310 g/mol. The molecule has 0 radical (unpaired) electrons. The molecule has 0 saturated carbocycles. The van der Waals surface area contributed by atoms with Gasteiger partial charge in [-0.05, 0) is 42.3 Å². The lowest BCUT2D eigenvalue weighted by Gasteiger charge is -2.33. The minimum absolute atomic E-state index is 0.319. The summed E-state index contributed by atoms with van der Waals surface area (Å²) in [5.74, 6) is 0. The molecule has 0 amide bonds. The molecule has 22 heavy (non-hydrogen) atoms. The highest BCUT2D eigenvalue weighted by Crippen LogP contribution is 2.36. The molecule has 1 unspecified atom stereocenters. The average Bonchev–Trinajstić information content (AvgIpc) is 2.97. The third-order valence-electron chi connectivity index (χ3n) is 4.42. The lowest BCUT2D eigenvalue weighted by molar-refractivity contribution is 0.447. The van der Waals surface area contributed by atoms with Gasteiger partial charge in [0.1, 0.15) is 0 Å². The van der Waals surface area contributed by atoms with Crippen LogP contribution >= 0.6 is 11.6 Å². The minimum atomic E-state index is -0.319. The van der Waals surface area contributed by atoms with Gasteiger partial charge in [-0.2, -0.15) is 0 Å². The number of benzene rings is 2. The second kappa shape index (κ2) is 5.54. The van der Waals surface area contributed by atoms with Crippen molar-refractivity contribution < 1.29 is 0 Å². The van der Waals surface area contributed by atoms with Crippen molar-refractivity contribution in [3.05, 3.63) is 78.0 Å². The second-order valence-electron chi connectivity index (χ2n) is 5.45. The maximum Gasteiger partial charge on any atom is 0.0875 e. The molecule has 0 aliphatic rings. The molecule has 3 heteroatoms. The summed E-state index contributed by atoms with van der Waals surface area (Å²) in [5.41, 5.74) is 8.84. The molecule has 1 atom stereocenters. The zero-order valence-corrected chi connectivity index (χ0v) is 13.3. The van der Waals surface area contributed by atoms with E-state index in [0.29, 0.717) is 0 Å². The third-order valence-corrected chi connectivity index (χ3v) is 4.67. The van der Waals surface area contributed by atoms with E-state index in [9.17, 15) is 0 Å². The molecule has 0 spiro atoms. The Kier molecular flexibility index (Phi) is 3.71. The van der Waals surface area contributed by atoms with Crippen LogP contribution in [0.2, 0.25) is 5.02 Å². The predicted octanol–water partition coefficient (Wildman–Crippen LogP) is 5.22. The van der Waals surface area contributed by atoms with Gasteiger partial charge in [-0.25, -0.2) is 0 Å². The highest BCUT2D eigenvalue weighted by Gasteiger charge is 2.30. The zero-order valence-electron chi connectivity index (χ0n) is 12.6. The Bertz CT molecular complexity index is 817. The Morgan fingerprint density at radius 3 is 2.55 bits per heavy atom. The summed E-state index contributed by atoms with van der Waals surface area (Å²) in [6, 6.07) is 16.0. The van der Waals surface area contributed by atoms with Crippen LogP contribution in [0, 0.1) is 0 Å². The summed E-state index contributed by atoms with van der Waals surface area (Å²) in [5, 5.41) is 1.80. The van der Waals surface area contributed by atoms with Crippen molar-refractivity contribution in [2.45, 2.75) is 18.9 Å². The number of nitrogen functional groups attached to an aromatic ring is 1. The number of nitrogens with two attached hydrogens (primary N) is 1. The second-order valence-corrected chi connectivity index (χ2v) is 5.89. The average molecular weight is 311 g/mol. The van der Waals surface area contributed by atoms with Gasteiger partial charge in [-0.1, -0.05) is 42.8 Å². The van der Waals surface area contributed by atoms with Gasteiger partial charge >= 0.3 is 0 Å². The fourth-order valence-electron chi connectivity index (χ4n) is 3.15. The summed E-state index contributed by atoms with van der Waals surface area (Å²) in [6.07, 6.45) is 4.97. The van der Waals surface area contributed by atoms with Gasteiger partial charge in [-0.3, -0.25) is 0 Å². The molecule has 0 fully saturated rings. The topological polar surface area (TPSA) is 30.9 Å². The van der Waals surface area contributed by atoms with E-state index in [1.54, 1.807) is 0 Å². The van der Waals surface area contributed by atoms with E-state index in [2.05, 4.69) is 48.5 Å². The van der Waals surface area contributed by atoms with Crippen molar-refractivity contribution in [1.82, 2.24) is 4.57 Å². The summed E-state index contributed by atoms with van der Waals surface area (Å²) in [7, 11) is 0. The van der Waals surface area contributed by atoms with E-state index >= 15 is 0 Å². The number of nitrogens with zero attached hydrogens (tertiary/aromatic N) is 1. The fourth-order valence-corrected chi connectivity index (χ4v) is 3.28. The van der Waals surface area contributed by atoms with E-state index in [0.717, 1.165) is 33.6 Å². The zero-order chi connectivity index (χ0) is 15.7. The smallest absolute Gasteiger partial charge is 0.0875 e. The third kappa shape index (κ3) is 2.11. The van der Waals surface area contributed by atoms with Gasteiger partial charge in [-0.15, -0.1) is 6.58 Å². The van der Waals surface area contributed by atoms with Crippen LogP contribution in [0.3, 0.4) is 0 Å². The maximum absolute atomic E-state index is 6.10. The fraction of sp³-hybridized carbons (Fsp3) is 0.158. The summed E-state index contributed by atoms with van der Waals surface area (Å²) >= 11 is 6.04. The molecule has 112 valence electrons. The number of fused-ring (bicyclic) bond motifs is 1. The molecule has 0 aliphatic carbocycles. The van der Waals surface area contributed by atoms with Crippen LogP contribution in [0.4, 0.5) is 5.69 Å². The Hall–Kier alpha value is -2.19. The molecule has 3 rings (SSSR count). The lowest BCUT2D eigenvalue weighted by Crippen LogP contribution is -2.31. The number of hydrogen-bond acceptors (Lipinski definition) is 1. The largest absolute Gasteiger partial charge is 0.398 e. The van der Waals surface area contributed by atoms with Crippen molar-refractivity contribution in [3.63, 3.8) is 0 Å². The van der Waals surface area contributed by atoms with E-state index in [4.69, 9.17) is 17.3 Å². The number of allylic oxidation sites excluding steroid dienone is 1. The molecular formula is C19H19ClN2. The first-order chi connectivity index (χ1) is 10.6. The summed E-state index contributed by atoms with van der Waals surface area (Å²) in [6.45, 7) is 6.26. The Morgan fingerprint density at radius 1 is 1.18 bits per heavy atom. The Balaban J connectivity index is 2.28.